The number of hydrogen-bond donors (Lipinski definition) is 0. The van der Waals surface area contributed by atoms with Gasteiger partial charge in [-0.2, -0.15) is 0 Å². The first-order valence-electron chi connectivity index (χ1n) is 9.16. The van der Waals surface area contributed by atoms with E-state index in [9.17, 15) is 26.7 Å². The van der Waals surface area contributed by atoms with Gasteiger partial charge in [-0.3, -0.25) is 4.79 Å². The molecule has 2 aromatic carbocycles. The molecule has 0 heterocycles. The maximum absolute atomic E-state index is 13.9. The van der Waals surface area contributed by atoms with Crippen molar-refractivity contribution in [3.8, 4) is 0 Å². The predicted molar refractivity (Wildman–Crippen MR) is 95.1 cm³/mol. The lowest BCUT2D eigenvalue weighted by Crippen LogP contribution is -2.16. The van der Waals surface area contributed by atoms with Gasteiger partial charge >= 0.3 is 5.97 Å². The van der Waals surface area contributed by atoms with Gasteiger partial charge in [0.1, 0.15) is 6.61 Å². The molecule has 0 amide bonds. The van der Waals surface area contributed by atoms with Gasteiger partial charge in [0.05, 0.1) is 11.5 Å². The highest BCUT2D eigenvalue weighted by atomic mass is 19.2. The Labute approximate surface area is 164 Å². The molecule has 0 bridgehead atoms. The summed E-state index contributed by atoms with van der Waals surface area (Å²) in [7, 11) is 0. The SMILES string of the molecule is CC[C@]1(C)[C@H](C(=O)OCc2c(F)c(F)c(F)c(F)c2F)[C@]12C=Cc1ccccc12. The minimum Gasteiger partial charge on any atom is -0.460 e. The standard InChI is InChI=1S/C22H17F5O2/c1-3-21(2)19(22(21)9-8-11-6-4-5-7-13(11)22)20(28)29-10-12-14(23)16(25)18(27)17(26)15(12)24/h4-9,19H,3,10H2,1-2H3/t19-,21+,22+/m0/s1. The summed E-state index contributed by atoms with van der Waals surface area (Å²) in [5.74, 6) is -11.7. The largest absolute Gasteiger partial charge is 0.460 e. The summed E-state index contributed by atoms with van der Waals surface area (Å²) in [5.41, 5.74) is -0.315. The summed E-state index contributed by atoms with van der Waals surface area (Å²) in [4.78, 5) is 12.8. The van der Waals surface area contributed by atoms with Crippen LogP contribution in [-0.4, -0.2) is 5.97 Å². The van der Waals surface area contributed by atoms with E-state index in [0.29, 0.717) is 6.42 Å². The number of esters is 1. The van der Waals surface area contributed by atoms with Crippen molar-refractivity contribution in [2.75, 3.05) is 0 Å². The van der Waals surface area contributed by atoms with Gasteiger partial charge in [0.2, 0.25) is 5.82 Å². The number of fused-ring (bicyclic) bond motifs is 2. The highest BCUT2D eigenvalue weighted by molar-refractivity contribution is 5.86. The average molecular weight is 408 g/mol. The summed E-state index contributed by atoms with van der Waals surface area (Å²) in [6, 6.07) is 7.58. The monoisotopic (exact) mass is 408 g/mol. The number of carbonyl (C=O) groups is 1. The van der Waals surface area contributed by atoms with Crippen molar-refractivity contribution in [2.45, 2.75) is 32.3 Å². The van der Waals surface area contributed by atoms with Crippen LogP contribution in [-0.2, 0) is 21.6 Å². The zero-order valence-corrected chi connectivity index (χ0v) is 15.7. The Kier molecular flexibility index (Phi) is 4.33. The summed E-state index contributed by atoms with van der Waals surface area (Å²) < 4.78 is 72.7. The van der Waals surface area contributed by atoms with Crippen molar-refractivity contribution in [1.29, 1.82) is 0 Å². The van der Waals surface area contributed by atoms with Gasteiger partial charge in [-0.25, -0.2) is 22.0 Å². The molecular formula is C22H17F5O2. The number of hydrogen-bond acceptors (Lipinski definition) is 2. The lowest BCUT2D eigenvalue weighted by atomic mass is 9.87. The third kappa shape index (κ3) is 2.42. The van der Waals surface area contributed by atoms with Crippen molar-refractivity contribution in [3.05, 3.63) is 76.1 Å². The first kappa shape index (κ1) is 19.6. The Bertz CT molecular complexity index is 1030. The highest BCUT2D eigenvalue weighted by Gasteiger charge is 2.76. The topological polar surface area (TPSA) is 26.3 Å². The Morgan fingerprint density at radius 3 is 2.21 bits per heavy atom. The number of rotatable bonds is 4. The van der Waals surface area contributed by atoms with Crippen LogP contribution in [0.5, 0.6) is 0 Å². The van der Waals surface area contributed by atoms with E-state index in [0.717, 1.165) is 11.1 Å². The minimum atomic E-state index is -2.25. The zero-order chi connectivity index (χ0) is 21.1. The van der Waals surface area contributed by atoms with E-state index in [-0.39, 0.29) is 0 Å². The molecule has 2 nitrogen and oxygen atoms in total. The molecule has 1 saturated carbocycles. The van der Waals surface area contributed by atoms with Gasteiger partial charge in [0.15, 0.2) is 23.3 Å². The van der Waals surface area contributed by atoms with E-state index in [1.807, 2.05) is 50.3 Å². The van der Waals surface area contributed by atoms with Crippen LogP contribution in [0.25, 0.3) is 6.08 Å². The molecule has 0 saturated heterocycles. The van der Waals surface area contributed by atoms with Crippen LogP contribution in [0.1, 0.15) is 37.0 Å². The quantitative estimate of drug-likeness (QED) is 0.292. The Morgan fingerprint density at radius 1 is 1.00 bits per heavy atom. The number of ether oxygens (including phenoxy) is 1. The molecule has 0 N–H and O–H groups in total. The van der Waals surface area contributed by atoms with Crippen molar-refractivity contribution in [3.63, 3.8) is 0 Å². The van der Waals surface area contributed by atoms with Crippen molar-refractivity contribution in [1.82, 2.24) is 0 Å². The number of allylic oxidation sites excluding steroid dienone is 1. The molecule has 2 aliphatic rings. The number of benzene rings is 2. The third-order valence-corrected chi connectivity index (χ3v) is 6.52. The average Bonchev–Trinajstić information content (AvgIpc) is 3.05. The summed E-state index contributed by atoms with van der Waals surface area (Å²) in [6.45, 7) is 2.81. The van der Waals surface area contributed by atoms with Gasteiger partial charge in [-0.1, -0.05) is 50.3 Å². The van der Waals surface area contributed by atoms with E-state index in [2.05, 4.69) is 0 Å². The fourth-order valence-electron chi connectivity index (χ4n) is 4.74. The maximum Gasteiger partial charge on any atom is 0.311 e. The first-order chi connectivity index (χ1) is 13.7. The van der Waals surface area contributed by atoms with E-state index >= 15 is 0 Å². The normalized spacial score (nSPS) is 26.7. The lowest BCUT2D eigenvalue weighted by Gasteiger charge is -2.15. The van der Waals surface area contributed by atoms with Crippen LogP contribution in [0.3, 0.4) is 0 Å². The first-order valence-corrected chi connectivity index (χ1v) is 9.16. The van der Waals surface area contributed by atoms with Gasteiger partial charge in [0.25, 0.3) is 0 Å². The predicted octanol–water partition coefficient (Wildman–Crippen LogP) is 5.44. The van der Waals surface area contributed by atoms with Crippen molar-refractivity contribution in [2.24, 2.45) is 11.3 Å². The van der Waals surface area contributed by atoms with Crippen LogP contribution in [0.4, 0.5) is 22.0 Å². The molecule has 1 fully saturated rings. The van der Waals surface area contributed by atoms with Crippen LogP contribution in [0.15, 0.2) is 30.3 Å². The Hall–Kier alpha value is -2.70. The van der Waals surface area contributed by atoms with E-state index in [4.69, 9.17) is 4.74 Å². The fraction of sp³-hybridized carbons (Fsp3) is 0.318. The van der Waals surface area contributed by atoms with Gasteiger partial charge < -0.3 is 4.74 Å². The molecule has 0 aliphatic heterocycles. The van der Waals surface area contributed by atoms with E-state index in [1.165, 1.54) is 0 Å². The second kappa shape index (κ2) is 6.40. The molecule has 2 aromatic rings. The molecular weight excluding hydrogens is 391 g/mol. The Morgan fingerprint density at radius 2 is 1.59 bits per heavy atom. The van der Waals surface area contributed by atoms with Crippen LogP contribution >= 0.6 is 0 Å². The highest BCUT2D eigenvalue weighted by Crippen LogP contribution is 2.74. The molecule has 7 heteroatoms. The number of halogens is 5. The van der Waals surface area contributed by atoms with Crippen molar-refractivity contribution < 1.29 is 31.5 Å². The molecule has 152 valence electrons. The second-order valence-electron chi connectivity index (χ2n) is 7.65. The minimum absolute atomic E-state index is 0.483. The van der Waals surface area contributed by atoms with Crippen LogP contribution in [0.2, 0.25) is 0 Å². The fourth-order valence-corrected chi connectivity index (χ4v) is 4.74. The molecule has 1 spiro atoms. The molecule has 2 aliphatic carbocycles. The van der Waals surface area contributed by atoms with Gasteiger partial charge in [-0.05, 0) is 23.0 Å². The van der Waals surface area contributed by atoms with Crippen LogP contribution < -0.4 is 0 Å². The third-order valence-electron chi connectivity index (χ3n) is 6.52. The summed E-state index contributed by atoms with van der Waals surface area (Å²) >= 11 is 0. The zero-order valence-electron chi connectivity index (χ0n) is 15.7. The lowest BCUT2D eigenvalue weighted by molar-refractivity contribution is -0.147. The van der Waals surface area contributed by atoms with E-state index < -0.39 is 64.0 Å². The van der Waals surface area contributed by atoms with Crippen molar-refractivity contribution >= 4 is 12.0 Å². The van der Waals surface area contributed by atoms with Gasteiger partial charge in [-0.15, -0.1) is 0 Å². The molecule has 0 unspecified atom stereocenters. The summed E-state index contributed by atoms with van der Waals surface area (Å²) in [6.07, 6.45) is 4.49. The molecule has 3 atom stereocenters. The maximum atomic E-state index is 13.9. The smallest absolute Gasteiger partial charge is 0.311 e. The molecule has 0 radical (unpaired) electrons. The van der Waals surface area contributed by atoms with Crippen LogP contribution in [0, 0.1) is 40.4 Å². The Balaban J connectivity index is 1.62. The number of carbonyl (C=O) groups excluding carboxylic acids is 1. The summed E-state index contributed by atoms with van der Waals surface area (Å²) in [5, 5.41) is 0. The molecule has 29 heavy (non-hydrogen) atoms. The van der Waals surface area contributed by atoms with Gasteiger partial charge in [0, 0.05) is 5.41 Å². The molecule has 0 aromatic heterocycles. The second-order valence-corrected chi connectivity index (χ2v) is 7.65. The molecule has 4 rings (SSSR count). The van der Waals surface area contributed by atoms with E-state index in [1.54, 1.807) is 0 Å².